The third kappa shape index (κ3) is 1.60. The lowest BCUT2D eigenvalue weighted by Crippen LogP contribution is -2.10. The third-order valence-electron chi connectivity index (χ3n) is 2.51. The maximum absolute atomic E-state index is 11.0. The maximum Gasteiger partial charge on any atom is 0.248 e. The van der Waals surface area contributed by atoms with Crippen molar-refractivity contribution in [1.82, 2.24) is 9.55 Å². The van der Waals surface area contributed by atoms with Crippen molar-refractivity contribution in [3.05, 3.63) is 23.8 Å². The monoisotopic (exact) mass is 218 g/mol. The van der Waals surface area contributed by atoms with Gasteiger partial charge >= 0.3 is 0 Å². The Morgan fingerprint density at radius 2 is 2.25 bits per heavy atom. The first-order chi connectivity index (χ1) is 7.63. The fourth-order valence-electron chi connectivity index (χ4n) is 1.76. The van der Waals surface area contributed by atoms with E-state index in [-0.39, 0.29) is 0 Å². The van der Waals surface area contributed by atoms with Crippen LogP contribution in [0, 0.1) is 0 Å². The number of hydrogen-bond acceptors (Lipinski definition) is 3. The summed E-state index contributed by atoms with van der Waals surface area (Å²) in [5.41, 5.74) is 13.1. The maximum atomic E-state index is 11.0. The number of imidazole rings is 1. The molecule has 5 nitrogen and oxygen atoms in total. The van der Waals surface area contributed by atoms with Crippen molar-refractivity contribution in [1.29, 1.82) is 0 Å². The zero-order valence-electron chi connectivity index (χ0n) is 9.10. The summed E-state index contributed by atoms with van der Waals surface area (Å²) >= 11 is 0. The first kappa shape index (κ1) is 10.5. The van der Waals surface area contributed by atoms with Crippen LogP contribution in [0.15, 0.2) is 18.2 Å². The number of carbonyl (C=O) groups is 1. The van der Waals surface area contributed by atoms with Gasteiger partial charge in [0.1, 0.15) is 0 Å². The highest BCUT2D eigenvalue weighted by Gasteiger charge is 2.09. The number of anilines is 1. The molecule has 1 aromatic carbocycles. The molecule has 16 heavy (non-hydrogen) atoms. The quantitative estimate of drug-likeness (QED) is 0.809. The fraction of sp³-hybridized carbons (Fsp3) is 0.273. The van der Waals surface area contributed by atoms with Gasteiger partial charge in [-0.25, -0.2) is 4.98 Å². The zero-order chi connectivity index (χ0) is 11.7. The number of nitrogens with zero attached hydrogens (tertiary/aromatic N) is 2. The van der Waals surface area contributed by atoms with E-state index in [2.05, 4.69) is 11.9 Å². The average Bonchev–Trinajstić information content (AvgIpc) is 2.55. The third-order valence-corrected chi connectivity index (χ3v) is 2.51. The van der Waals surface area contributed by atoms with Gasteiger partial charge in [-0.05, 0) is 24.6 Å². The van der Waals surface area contributed by atoms with Gasteiger partial charge in [-0.15, -0.1) is 0 Å². The van der Waals surface area contributed by atoms with Crippen molar-refractivity contribution in [2.75, 3.05) is 5.73 Å². The molecule has 0 aliphatic rings. The minimum Gasteiger partial charge on any atom is -0.369 e. The average molecular weight is 218 g/mol. The summed E-state index contributed by atoms with van der Waals surface area (Å²) in [6.07, 6.45) is 0.979. The minimum absolute atomic E-state index is 0.452. The Bertz CT molecular complexity index is 544. The highest BCUT2D eigenvalue weighted by Crippen LogP contribution is 2.19. The fourth-order valence-corrected chi connectivity index (χ4v) is 1.76. The molecular weight excluding hydrogens is 204 g/mol. The summed E-state index contributed by atoms with van der Waals surface area (Å²) in [7, 11) is 0. The van der Waals surface area contributed by atoms with Gasteiger partial charge in [0.05, 0.1) is 11.0 Å². The molecule has 0 spiro atoms. The largest absolute Gasteiger partial charge is 0.369 e. The van der Waals surface area contributed by atoms with Gasteiger partial charge in [0, 0.05) is 12.1 Å². The smallest absolute Gasteiger partial charge is 0.248 e. The molecule has 2 rings (SSSR count). The Labute approximate surface area is 93.1 Å². The number of fused-ring (bicyclic) bond motifs is 1. The van der Waals surface area contributed by atoms with Gasteiger partial charge in [-0.3, -0.25) is 4.79 Å². The lowest BCUT2D eigenvalue weighted by Gasteiger charge is -2.03. The lowest BCUT2D eigenvalue weighted by atomic mass is 10.2. The predicted molar refractivity (Wildman–Crippen MR) is 63.0 cm³/mol. The van der Waals surface area contributed by atoms with E-state index in [1.54, 1.807) is 12.1 Å². The molecule has 0 unspecified atom stereocenters. The summed E-state index contributed by atoms with van der Waals surface area (Å²) in [5, 5.41) is 0. The second-order valence-electron chi connectivity index (χ2n) is 3.69. The number of aromatic nitrogens is 2. The van der Waals surface area contributed by atoms with Gasteiger partial charge in [-0.1, -0.05) is 6.92 Å². The number of amides is 1. The molecule has 0 atom stereocenters. The van der Waals surface area contributed by atoms with Crippen molar-refractivity contribution in [2.24, 2.45) is 5.73 Å². The molecule has 0 radical (unpaired) electrons. The van der Waals surface area contributed by atoms with Crippen molar-refractivity contribution in [3.8, 4) is 0 Å². The topological polar surface area (TPSA) is 86.9 Å². The van der Waals surface area contributed by atoms with E-state index in [0.717, 1.165) is 18.5 Å². The first-order valence-corrected chi connectivity index (χ1v) is 5.19. The second-order valence-corrected chi connectivity index (χ2v) is 3.69. The van der Waals surface area contributed by atoms with Gasteiger partial charge in [0.2, 0.25) is 11.9 Å². The van der Waals surface area contributed by atoms with Crippen molar-refractivity contribution in [2.45, 2.75) is 19.9 Å². The van der Waals surface area contributed by atoms with Crippen LogP contribution in [0.1, 0.15) is 23.7 Å². The Morgan fingerprint density at radius 1 is 1.50 bits per heavy atom. The van der Waals surface area contributed by atoms with Crippen LogP contribution in [-0.2, 0) is 6.54 Å². The van der Waals surface area contributed by atoms with E-state index < -0.39 is 5.91 Å². The minimum atomic E-state index is -0.453. The van der Waals surface area contributed by atoms with E-state index in [1.807, 2.05) is 10.6 Å². The Kier molecular flexibility index (Phi) is 2.52. The van der Waals surface area contributed by atoms with Crippen LogP contribution >= 0.6 is 0 Å². The number of aryl methyl sites for hydroxylation is 1. The van der Waals surface area contributed by atoms with E-state index in [4.69, 9.17) is 11.5 Å². The van der Waals surface area contributed by atoms with Crippen LogP contribution < -0.4 is 11.5 Å². The lowest BCUT2D eigenvalue weighted by molar-refractivity contribution is 0.100. The highest BCUT2D eigenvalue weighted by molar-refractivity contribution is 5.96. The molecule has 1 heterocycles. The van der Waals surface area contributed by atoms with Crippen LogP contribution in [0.3, 0.4) is 0 Å². The van der Waals surface area contributed by atoms with E-state index in [9.17, 15) is 4.79 Å². The molecule has 0 aliphatic heterocycles. The highest BCUT2D eigenvalue weighted by atomic mass is 16.1. The van der Waals surface area contributed by atoms with Gasteiger partial charge in [0.25, 0.3) is 0 Å². The number of benzene rings is 1. The Balaban J connectivity index is 2.60. The number of primary amides is 1. The van der Waals surface area contributed by atoms with Crippen molar-refractivity contribution in [3.63, 3.8) is 0 Å². The molecule has 4 N–H and O–H groups in total. The summed E-state index contributed by atoms with van der Waals surface area (Å²) in [6, 6.07) is 5.19. The summed E-state index contributed by atoms with van der Waals surface area (Å²) < 4.78 is 1.93. The van der Waals surface area contributed by atoms with Gasteiger partial charge in [0.15, 0.2) is 0 Å². The molecule has 2 aromatic rings. The van der Waals surface area contributed by atoms with Crippen LogP contribution in [0.2, 0.25) is 0 Å². The molecule has 0 fully saturated rings. The Morgan fingerprint density at radius 3 is 2.88 bits per heavy atom. The molecule has 5 heteroatoms. The van der Waals surface area contributed by atoms with Crippen LogP contribution in [-0.4, -0.2) is 15.5 Å². The van der Waals surface area contributed by atoms with Crippen LogP contribution in [0.25, 0.3) is 11.0 Å². The molecule has 84 valence electrons. The van der Waals surface area contributed by atoms with E-state index in [1.165, 1.54) is 0 Å². The van der Waals surface area contributed by atoms with Crippen LogP contribution in [0.5, 0.6) is 0 Å². The predicted octanol–water partition coefficient (Wildman–Crippen LogP) is 1.13. The first-order valence-electron chi connectivity index (χ1n) is 5.19. The molecule has 0 saturated carbocycles. The van der Waals surface area contributed by atoms with Gasteiger partial charge < -0.3 is 16.0 Å². The number of hydrogen-bond donors (Lipinski definition) is 2. The number of rotatable bonds is 3. The van der Waals surface area contributed by atoms with Gasteiger partial charge in [-0.2, -0.15) is 0 Å². The Hall–Kier alpha value is -2.04. The summed E-state index contributed by atoms with van der Waals surface area (Å²) in [5.74, 6) is 0.0176. The molecule has 0 saturated heterocycles. The molecule has 0 bridgehead atoms. The second kappa shape index (κ2) is 3.84. The van der Waals surface area contributed by atoms with Crippen molar-refractivity contribution < 1.29 is 4.79 Å². The standard InChI is InChI=1S/C11H14N4O/c1-2-5-15-9-4-3-7(10(12)16)6-8(9)14-11(15)13/h3-4,6H,2,5H2,1H3,(H2,12,16)(H2,13,14). The van der Waals surface area contributed by atoms with E-state index >= 15 is 0 Å². The molecular formula is C11H14N4O. The molecule has 1 amide bonds. The number of nitrogens with two attached hydrogens (primary N) is 2. The summed E-state index contributed by atoms with van der Waals surface area (Å²) in [6.45, 7) is 2.89. The van der Waals surface area contributed by atoms with Crippen molar-refractivity contribution >= 4 is 22.9 Å². The molecule has 0 aliphatic carbocycles. The normalized spacial score (nSPS) is 10.8. The molecule has 1 aromatic heterocycles. The number of nitrogen functional groups attached to an aromatic ring is 1. The summed E-state index contributed by atoms with van der Waals surface area (Å²) in [4.78, 5) is 15.2. The van der Waals surface area contributed by atoms with Crippen LogP contribution in [0.4, 0.5) is 5.95 Å². The zero-order valence-corrected chi connectivity index (χ0v) is 9.10. The van der Waals surface area contributed by atoms with E-state index in [0.29, 0.717) is 17.0 Å². The SMILES string of the molecule is CCCn1c(N)nc2cc(C(N)=O)ccc21. The number of carbonyl (C=O) groups excluding carboxylic acids is 1.